The van der Waals surface area contributed by atoms with E-state index in [0.717, 1.165) is 12.8 Å². The quantitative estimate of drug-likeness (QED) is 0.129. The molecule has 27 heavy (non-hydrogen) atoms. The zero-order valence-corrected chi connectivity index (χ0v) is 17.3. The van der Waals surface area contributed by atoms with E-state index >= 15 is 0 Å². The van der Waals surface area contributed by atoms with Crippen molar-refractivity contribution in [2.75, 3.05) is 6.54 Å². The van der Waals surface area contributed by atoms with Gasteiger partial charge in [0.25, 0.3) is 0 Å². The van der Waals surface area contributed by atoms with Crippen molar-refractivity contribution in [2.45, 2.75) is 109 Å². The number of rotatable bonds is 19. The maximum Gasteiger partial charge on any atom is 0.321 e. The molecule has 7 nitrogen and oxygen atoms in total. The highest BCUT2D eigenvalue weighted by atomic mass is 16.4. The minimum Gasteiger partial charge on any atom is -0.481 e. The van der Waals surface area contributed by atoms with Crippen molar-refractivity contribution in [1.82, 2.24) is 5.32 Å². The Morgan fingerprint density at radius 1 is 0.741 bits per heavy atom. The van der Waals surface area contributed by atoms with Gasteiger partial charge < -0.3 is 15.5 Å². The molecule has 0 fully saturated rings. The Bertz CT molecular complexity index is 341. The summed E-state index contributed by atoms with van der Waals surface area (Å²) < 4.78 is 0. The normalized spacial score (nSPS) is 11.5. The van der Waals surface area contributed by atoms with Crippen molar-refractivity contribution >= 4 is 11.9 Å². The molecular formula is C20H43N3O4. The highest BCUT2D eigenvalue weighted by Crippen LogP contribution is 2.12. The molecule has 7 N–H and O–H groups in total. The van der Waals surface area contributed by atoms with Crippen molar-refractivity contribution in [3.05, 3.63) is 0 Å². The Balaban J connectivity index is 0. The van der Waals surface area contributed by atoms with Crippen LogP contribution < -0.4 is 17.0 Å². The molecule has 0 aliphatic heterocycles. The van der Waals surface area contributed by atoms with Crippen LogP contribution in [0.15, 0.2) is 0 Å². The Kier molecular flexibility index (Phi) is 23.7. The van der Waals surface area contributed by atoms with Gasteiger partial charge in [0.05, 0.1) is 6.42 Å². The third-order valence-electron chi connectivity index (χ3n) is 4.60. The third kappa shape index (κ3) is 22.8. The van der Waals surface area contributed by atoms with Crippen LogP contribution in [-0.4, -0.2) is 34.7 Å². The second-order valence-corrected chi connectivity index (χ2v) is 7.04. The summed E-state index contributed by atoms with van der Waals surface area (Å²) in [4.78, 5) is 21.5. The lowest BCUT2D eigenvalue weighted by Gasteiger charge is -2.11. The number of nitrogens with two attached hydrogens (primary N) is 2. The highest BCUT2D eigenvalue weighted by molar-refractivity contribution is 5.80. The molecule has 0 amide bonds. The van der Waals surface area contributed by atoms with Gasteiger partial charge in [-0.25, -0.2) is 0 Å². The van der Waals surface area contributed by atoms with E-state index in [9.17, 15) is 9.59 Å². The van der Waals surface area contributed by atoms with Gasteiger partial charge in [-0.15, -0.1) is 0 Å². The van der Waals surface area contributed by atoms with Crippen LogP contribution >= 0.6 is 0 Å². The number of hydrazine groups is 1. The number of nitrogens with one attached hydrogen (secondary N) is 1. The Hall–Kier alpha value is -1.18. The summed E-state index contributed by atoms with van der Waals surface area (Å²) in [5.41, 5.74) is 0. The summed E-state index contributed by atoms with van der Waals surface area (Å²) in [5, 5.41) is 20.4. The molecule has 0 aromatic carbocycles. The third-order valence-corrected chi connectivity index (χ3v) is 4.60. The van der Waals surface area contributed by atoms with Crippen molar-refractivity contribution in [1.29, 1.82) is 0 Å². The summed E-state index contributed by atoms with van der Waals surface area (Å²) in [7, 11) is 0. The average molecular weight is 390 g/mol. The standard InChI is InChI=1S/C20H39NO4.H4N2/c1-2-3-4-5-6-7-8-9-10-11-12-13-14-15-16-21-18(20(24)25)17-19(22)23;1-2/h18,21H,2-17H2,1H3,(H,22,23)(H,24,25);1-2H2. The minimum absolute atomic E-state index is 0.367. The molecule has 1 unspecified atom stereocenters. The molecule has 0 bridgehead atoms. The Morgan fingerprint density at radius 2 is 1.11 bits per heavy atom. The fraction of sp³-hybridized carbons (Fsp3) is 0.900. The molecule has 0 saturated heterocycles. The maximum absolute atomic E-state index is 10.9. The lowest BCUT2D eigenvalue weighted by atomic mass is 10.0. The molecule has 0 heterocycles. The lowest BCUT2D eigenvalue weighted by Crippen LogP contribution is -2.39. The summed E-state index contributed by atoms with van der Waals surface area (Å²) in [6.45, 7) is 2.82. The summed E-state index contributed by atoms with van der Waals surface area (Å²) in [6.07, 6.45) is 17.6. The van der Waals surface area contributed by atoms with Crippen LogP contribution in [0.1, 0.15) is 103 Å². The summed E-state index contributed by atoms with van der Waals surface area (Å²) >= 11 is 0. The van der Waals surface area contributed by atoms with E-state index in [-0.39, 0.29) is 6.42 Å². The van der Waals surface area contributed by atoms with E-state index in [1.54, 1.807) is 0 Å². The predicted octanol–water partition coefficient (Wildman–Crippen LogP) is 3.80. The van der Waals surface area contributed by atoms with E-state index in [0.29, 0.717) is 6.54 Å². The van der Waals surface area contributed by atoms with Gasteiger partial charge in [-0.3, -0.25) is 21.3 Å². The number of aliphatic carboxylic acids is 2. The first-order valence-electron chi connectivity index (χ1n) is 10.6. The van der Waals surface area contributed by atoms with Crippen molar-refractivity contribution in [3.8, 4) is 0 Å². The summed E-state index contributed by atoms with van der Waals surface area (Å²) in [5.74, 6) is 5.83. The second kappa shape index (κ2) is 22.9. The van der Waals surface area contributed by atoms with Crippen molar-refractivity contribution < 1.29 is 19.8 Å². The number of carboxylic acid groups (broad SMARTS) is 2. The maximum atomic E-state index is 10.9. The fourth-order valence-corrected chi connectivity index (χ4v) is 3.02. The van der Waals surface area contributed by atoms with E-state index in [4.69, 9.17) is 10.2 Å². The first-order chi connectivity index (χ1) is 13.1. The number of carboxylic acids is 2. The van der Waals surface area contributed by atoms with Crippen molar-refractivity contribution in [3.63, 3.8) is 0 Å². The molecule has 7 heteroatoms. The fourth-order valence-electron chi connectivity index (χ4n) is 3.02. The van der Waals surface area contributed by atoms with E-state index in [2.05, 4.69) is 23.9 Å². The van der Waals surface area contributed by atoms with Crippen LogP contribution in [0.3, 0.4) is 0 Å². The number of hydrogen-bond acceptors (Lipinski definition) is 5. The van der Waals surface area contributed by atoms with Crippen LogP contribution in [0.2, 0.25) is 0 Å². The van der Waals surface area contributed by atoms with Crippen LogP contribution in [-0.2, 0) is 9.59 Å². The van der Waals surface area contributed by atoms with Gasteiger partial charge in [0.2, 0.25) is 0 Å². The van der Waals surface area contributed by atoms with E-state index < -0.39 is 18.0 Å². The van der Waals surface area contributed by atoms with Gasteiger partial charge in [0.15, 0.2) is 0 Å². The van der Waals surface area contributed by atoms with Crippen molar-refractivity contribution in [2.24, 2.45) is 11.7 Å². The molecule has 0 aliphatic rings. The van der Waals surface area contributed by atoms with Gasteiger partial charge in [-0.1, -0.05) is 90.4 Å². The number of hydrogen-bond donors (Lipinski definition) is 5. The van der Waals surface area contributed by atoms with Gasteiger partial charge in [-0.05, 0) is 13.0 Å². The van der Waals surface area contributed by atoms with Crippen LogP contribution in [0.4, 0.5) is 0 Å². The first kappa shape index (κ1) is 28.0. The van der Waals surface area contributed by atoms with E-state index in [1.165, 1.54) is 77.0 Å². The molecule has 0 radical (unpaired) electrons. The smallest absolute Gasteiger partial charge is 0.321 e. The molecule has 1 atom stereocenters. The lowest BCUT2D eigenvalue weighted by molar-refractivity contribution is -0.145. The molecule has 0 aromatic rings. The van der Waals surface area contributed by atoms with Crippen LogP contribution in [0, 0.1) is 0 Å². The van der Waals surface area contributed by atoms with Gasteiger partial charge in [-0.2, -0.15) is 0 Å². The van der Waals surface area contributed by atoms with Gasteiger partial charge in [0.1, 0.15) is 6.04 Å². The largest absolute Gasteiger partial charge is 0.481 e. The zero-order chi connectivity index (χ0) is 20.8. The number of carbonyl (C=O) groups is 2. The SMILES string of the molecule is CCCCCCCCCCCCCCCCNC(CC(=O)O)C(=O)O.NN. The average Bonchev–Trinajstić information content (AvgIpc) is 2.65. The Labute approximate surface area is 165 Å². The minimum atomic E-state index is -1.09. The van der Waals surface area contributed by atoms with Gasteiger partial charge >= 0.3 is 11.9 Å². The number of unbranched alkanes of at least 4 members (excludes halogenated alkanes) is 13. The molecular weight excluding hydrogens is 346 g/mol. The predicted molar refractivity (Wildman–Crippen MR) is 110 cm³/mol. The molecule has 0 saturated carbocycles. The zero-order valence-electron chi connectivity index (χ0n) is 17.3. The monoisotopic (exact) mass is 389 g/mol. The summed E-state index contributed by atoms with van der Waals surface area (Å²) in [6, 6.07) is -0.973. The Morgan fingerprint density at radius 3 is 1.44 bits per heavy atom. The van der Waals surface area contributed by atoms with Gasteiger partial charge in [0, 0.05) is 0 Å². The van der Waals surface area contributed by atoms with Crippen LogP contribution in [0.25, 0.3) is 0 Å². The topological polar surface area (TPSA) is 139 Å². The molecule has 0 aliphatic carbocycles. The molecule has 0 spiro atoms. The highest BCUT2D eigenvalue weighted by Gasteiger charge is 2.19. The molecule has 162 valence electrons. The van der Waals surface area contributed by atoms with E-state index in [1.807, 2.05) is 0 Å². The van der Waals surface area contributed by atoms with Crippen LogP contribution in [0.5, 0.6) is 0 Å². The molecule has 0 aromatic heterocycles. The first-order valence-corrected chi connectivity index (χ1v) is 10.6. The second-order valence-electron chi connectivity index (χ2n) is 7.04. The molecule has 0 rings (SSSR count).